The first kappa shape index (κ1) is 12.4. The molecule has 2 atom stereocenters. The van der Waals surface area contributed by atoms with Gasteiger partial charge in [0, 0.05) is 25.2 Å². The molecule has 0 bridgehead atoms. The lowest BCUT2D eigenvalue weighted by Crippen LogP contribution is -2.53. The number of carbonyl (C=O) groups excluding carboxylic acids is 1. The third-order valence-electron chi connectivity index (χ3n) is 4.65. The van der Waals surface area contributed by atoms with Crippen molar-refractivity contribution >= 4 is 5.91 Å². The highest BCUT2D eigenvalue weighted by Crippen LogP contribution is 2.23. The first-order valence-corrected chi connectivity index (χ1v) is 7.49. The quantitative estimate of drug-likeness (QED) is 0.803. The van der Waals surface area contributed by atoms with E-state index in [9.17, 15) is 4.79 Å². The fraction of sp³-hybridized carbons (Fsp3) is 0.929. The Morgan fingerprint density at radius 2 is 1.94 bits per heavy atom. The van der Waals surface area contributed by atoms with Gasteiger partial charge in [-0.3, -0.25) is 4.79 Å². The van der Waals surface area contributed by atoms with Gasteiger partial charge in [0.25, 0.3) is 0 Å². The van der Waals surface area contributed by atoms with Crippen LogP contribution in [-0.2, 0) is 4.79 Å². The Kier molecular flexibility index (Phi) is 3.57. The molecule has 1 amide bonds. The Bertz CT molecular complexity index is 316. The number of piperidine rings is 1. The summed E-state index contributed by atoms with van der Waals surface area (Å²) >= 11 is 0. The lowest BCUT2D eigenvalue weighted by Gasteiger charge is -2.35. The van der Waals surface area contributed by atoms with E-state index in [-0.39, 0.29) is 6.04 Å². The van der Waals surface area contributed by atoms with Crippen LogP contribution in [0.15, 0.2) is 0 Å². The molecule has 0 aromatic carbocycles. The second-order valence-corrected chi connectivity index (χ2v) is 6.20. The molecule has 1 saturated carbocycles. The zero-order chi connectivity index (χ0) is 12.5. The number of hydrogen-bond donors (Lipinski definition) is 1. The van der Waals surface area contributed by atoms with E-state index in [1.54, 1.807) is 0 Å². The standard InChI is InChI=1S/C14H25N3O/c1-16-8-2-4-12(16)10-17-9-3-5-13(14(17)18)15-11-6-7-11/h11-13,15H,2-10H2,1H3. The molecule has 2 saturated heterocycles. The molecular formula is C14H25N3O. The minimum absolute atomic E-state index is 0.109. The number of likely N-dealkylation sites (N-methyl/N-ethyl adjacent to an activating group) is 1. The van der Waals surface area contributed by atoms with E-state index >= 15 is 0 Å². The minimum Gasteiger partial charge on any atom is -0.340 e. The number of hydrogen-bond acceptors (Lipinski definition) is 3. The van der Waals surface area contributed by atoms with Gasteiger partial charge in [-0.05, 0) is 52.1 Å². The van der Waals surface area contributed by atoms with E-state index in [0.717, 1.165) is 25.9 Å². The van der Waals surface area contributed by atoms with Crippen LogP contribution in [0.25, 0.3) is 0 Å². The Morgan fingerprint density at radius 3 is 2.61 bits per heavy atom. The van der Waals surface area contributed by atoms with Crippen molar-refractivity contribution in [1.82, 2.24) is 15.1 Å². The largest absolute Gasteiger partial charge is 0.340 e. The predicted molar refractivity (Wildman–Crippen MR) is 71.4 cm³/mol. The van der Waals surface area contributed by atoms with Crippen LogP contribution >= 0.6 is 0 Å². The van der Waals surface area contributed by atoms with Crippen LogP contribution in [0.5, 0.6) is 0 Å². The summed E-state index contributed by atoms with van der Waals surface area (Å²) in [4.78, 5) is 16.9. The fourth-order valence-electron chi connectivity index (χ4n) is 3.28. The molecule has 2 heterocycles. The molecule has 3 fully saturated rings. The summed E-state index contributed by atoms with van der Waals surface area (Å²) in [5.74, 6) is 0.355. The minimum atomic E-state index is 0.109. The molecule has 18 heavy (non-hydrogen) atoms. The summed E-state index contributed by atoms with van der Waals surface area (Å²) in [6, 6.07) is 1.33. The SMILES string of the molecule is CN1CCCC1CN1CCCC(NC2CC2)C1=O. The Labute approximate surface area is 110 Å². The van der Waals surface area contributed by atoms with Crippen LogP contribution < -0.4 is 5.32 Å². The van der Waals surface area contributed by atoms with Crippen molar-refractivity contribution in [2.45, 2.75) is 56.7 Å². The van der Waals surface area contributed by atoms with Gasteiger partial charge in [0.15, 0.2) is 0 Å². The number of nitrogens with zero attached hydrogens (tertiary/aromatic N) is 2. The predicted octanol–water partition coefficient (Wildman–Crippen LogP) is 0.824. The molecule has 4 heteroatoms. The van der Waals surface area contributed by atoms with Gasteiger partial charge in [-0.15, -0.1) is 0 Å². The third-order valence-corrected chi connectivity index (χ3v) is 4.65. The molecule has 1 aliphatic carbocycles. The maximum atomic E-state index is 12.4. The summed E-state index contributed by atoms with van der Waals surface area (Å²) in [5.41, 5.74) is 0. The third kappa shape index (κ3) is 2.69. The molecular weight excluding hydrogens is 226 g/mol. The van der Waals surface area contributed by atoms with Crippen molar-refractivity contribution in [2.75, 3.05) is 26.7 Å². The molecule has 4 nitrogen and oxygen atoms in total. The van der Waals surface area contributed by atoms with Crippen molar-refractivity contribution < 1.29 is 4.79 Å². The number of likely N-dealkylation sites (tertiary alicyclic amines) is 2. The lowest BCUT2D eigenvalue weighted by atomic mass is 10.0. The van der Waals surface area contributed by atoms with Gasteiger partial charge in [0.05, 0.1) is 6.04 Å². The number of nitrogens with one attached hydrogen (secondary N) is 1. The second-order valence-electron chi connectivity index (χ2n) is 6.20. The normalized spacial score (nSPS) is 34.3. The molecule has 0 radical (unpaired) electrons. The van der Waals surface area contributed by atoms with E-state index in [4.69, 9.17) is 0 Å². The summed E-state index contributed by atoms with van der Waals surface area (Å²) in [6.45, 7) is 3.10. The van der Waals surface area contributed by atoms with Gasteiger partial charge in [-0.2, -0.15) is 0 Å². The smallest absolute Gasteiger partial charge is 0.239 e. The van der Waals surface area contributed by atoms with Crippen molar-refractivity contribution in [3.05, 3.63) is 0 Å². The van der Waals surface area contributed by atoms with Crippen LogP contribution in [0.1, 0.15) is 38.5 Å². The van der Waals surface area contributed by atoms with E-state index in [0.29, 0.717) is 18.0 Å². The Morgan fingerprint density at radius 1 is 1.17 bits per heavy atom. The monoisotopic (exact) mass is 251 g/mol. The van der Waals surface area contributed by atoms with E-state index in [1.807, 2.05) is 0 Å². The van der Waals surface area contributed by atoms with Crippen LogP contribution in [0.4, 0.5) is 0 Å². The molecule has 2 unspecified atom stereocenters. The van der Waals surface area contributed by atoms with Crippen molar-refractivity contribution in [3.8, 4) is 0 Å². The van der Waals surface area contributed by atoms with E-state index in [1.165, 1.54) is 32.2 Å². The molecule has 0 aromatic heterocycles. The number of carbonyl (C=O) groups is 1. The Hall–Kier alpha value is -0.610. The summed E-state index contributed by atoms with van der Waals surface area (Å²) < 4.78 is 0. The molecule has 0 spiro atoms. The number of amides is 1. The summed E-state index contributed by atoms with van der Waals surface area (Å²) in [6.07, 6.45) is 7.25. The fourth-order valence-corrected chi connectivity index (χ4v) is 3.28. The van der Waals surface area contributed by atoms with Crippen LogP contribution in [0, 0.1) is 0 Å². The van der Waals surface area contributed by atoms with Gasteiger partial charge < -0.3 is 15.1 Å². The average Bonchev–Trinajstić information content (AvgIpc) is 3.08. The molecule has 3 rings (SSSR count). The zero-order valence-electron chi connectivity index (χ0n) is 11.4. The van der Waals surface area contributed by atoms with Gasteiger partial charge in [-0.1, -0.05) is 0 Å². The average molecular weight is 251 g/mol. The van der Waals surface area contributed by atoms with Gasteiger partial charge in [0.1, 0.15) is 0 Å². The molecule has 102 valence electrons. The molecule has 2 aliphatic heterocycles. The molecule has 3 aliphatic rings. The maximum Gasteiger partial charge on any atom is 0.239 e. The first-order chi connectivity index (χ1) is 8.74. The van der Waals surface area contributed by atoms with Crippen molar-refractivity contribution in [3.63, 3.8) is 0 Å². The van der Waals surface area contributed by atoms with Crippen molar-refractivity contribution in [1.29, 1.82) is 0 Å². The highest BCUT2D eigenvalue weighted by Gasteiger charge is 2.35. The summed E-state index contributed by atoms with van der Waals surface area (Å²) in [5, 5.41) is 3.50. The van der Waals surface area contributed by atoms with Crippen LogP contribution in [0.2, 0.25) is 0 Å². The second kappa shape index (κ2) is 5.17. The van der Waals surface area contributed by atoms with Crippen LogP contribution in [-0.4, -0.2) is 60.5 Å². The Balaban J connectivity index is 1.55. The molecule has 0 aromatic rings. The first-order valence-electron chi connectivity index (χ1n) is 7.49. The van der Waals surface area contributed by atoms with Gasteiger partial charge in [-0.25, -0.2) is 0 Å². The van der Waals surface area contributed by atoms with E-state index < -0.39 is 0 Å². The highest BCUT2D eigenvalue weighted by molar-refractivity contribution is 5.82. The van der Waals surface area contributed by atoms with E-state index in [2.05, 4.69) is 22.2 Å². The highest BCUT2D eigenvalue weighted by atomic mass is 16.2. The number of rotatable bonds is 4. The zero-order valence-corrected chi connectivity index (χ0v) is 11.4. The maximum absolute atomic E-state index is 12.4. The topological polar surface area (TPSA) is 35.6 Å². The lowest BCUT2D eigenvalue weighted by molar-refractivity contribution is -0.136. The van der Waals surface area contributed by atoms with Crippen molar-refractivity contribution in [2.24, 2.45) is 0 Å². The molecule has 1 N–H and O–H groups in total. The van der Waals surface area contributed by atoms with Gasteiger partial charge >= 0.3 is 0 Å². The van der Waals surface area contributed by atoms with Crippen LogP contribution in [0.3, 0.4) is 0 Å². The van der Waals surface area contributed by atoms with Gasteiger partial charge in [0.2, 0.25) is 5.91 Å². The summed E-state index contributed by atoms with van der Waals surface area (Å²) in [7, 11) is 2.19.